The van der Waals surface area contributed by atoms with Gasteiger partial charge in [-0.1, -0.05) is 18.2 Å². The van der Waals surface area contributed by atoms with E-state index in [-0.39, 0.29) is 5.75 Å². The van der Waals surface area contributed by atoms with E-state index in [4.69, 9.17) is 5.73 Å². The van der Waals surface area contributed by atoms with Crippen LogP contribution in [-0.2, 0) is 0 Å². The zero-order valence-electron chi connectivity index (χ0n) is 9.14. The quantitative estimate of drug-likeness (QED) is 0.439. The van der Waals surface area contributed by atoms with Crippen molar-refractivity contribution < 1.29 is 5.11 Å². The number of phenolic OH excluding ortho intramolecular Hbond substituents is 1. The fourth-order valence-electron chi connectivity index (χ4n) is 1.99. The first-order chi connectivity index (χ1) is 8.24. The average molecular weight is 224 g/mol. The minimum Gasteiger partial charge on any atom is -0.507 e. The molecule has 3 rings (SSSR count). The van der Waals surface area contributed by atoms with E-state index < -0.39 is 0 Å². The number of hydrogen-bond donors (Lipinski definition) is 3. The molecule has 0 saturated heterocycles. The van der Waals surface area contributed by atoms with Crippen LogP contribution in [-0.4, -0.2) is 10.1 Å². The maximum absolute atomic E-state index is 9.84. The van der Waals surface area contributed by atoms with Crippen LogP contribution >= 0.6 is 0 Å². The lowest BCUT2D eigenvalue weighted by molar-refractivity contribution is 0.477. The molecule has 0 saturated carbocycles. The zero-order valence-corrected chi connectivity index (χ0v) is 9.14. The number of fused-ring (bicyclic) bond motifs is 1. The fraction of sp³-hybridized carbons (Fsp3) is 0. The summed E-state index contributed by atoms with van der Waals surface area (Å²) in [6, 6.07) is 15.0. The van der Waals surface area contributed by atoms with Crippen molar-refractivity contribution in [2.45, 2.75) is 0 Å². The molecule has 0 aliphatic rings. The second kappa shape index (κ2) is 3.56. The number of aromatic hydroxyl groups is 1. The Balaban J connectivity index is 2.23. The molecule has 2 aromatic carbocycles. The van der Waals surface area contributed by atoms with Crippen molar-refractivity contribution in [2.24, 2.45) is 0 Å². The van der Waals surface area contributed by atoms with Gasteiger partial charge in [0.25, 0.3) is 0 Å². The molecule has 0 atom stereocenters. The highest BCUT2D eigenvalue weighted by Crippen LogP contribution is 2.32. The molecule has 0 radical (unpaired) electrons. The first-order valence-corrected chi connectivity index (χ1v) is 5.41. The Morgan fingerprint density at radius 2 is 1.82 bits per heavy atom. The highest BCUT2D eigenvalue weighted by atomic mass is 16.3. The molecule has 3 nitrogen and oxygen atoms in total. The molecule has 0 aliphatic heterocycles. The third-order valence-corrected chi connectivity index (χ3v) is 2.84. The van der Waals surface area contributed by atoms with Gasteiger partial charge in [-0.15, -0.1) is 0 Å². The summed E-state index contributed by atoms with van der Waals surface area (Å²) in [5, 5.41) is 11.0. The normalized spacial score (nSPS) is 10.8. The summed E-state index contributed by atoms with van der Waals surface area (Å²) in [6.07, 6.45) is 0. The molecule has 0 spiro atoms. The minimum absolute atomic E-state index is 0.228. The highest BCUT2D eigenvalue weighted by Gasteiger charge is 2.07. The monoisotopic (exact) mass is 224 g/mol. The standard InChI is InChI=1S/C14H12N2O/c15-10-5-6-14(17)11(8-10)13-7-9-3-1-2-4-12(9)16-13/h1-8,16-17H,15H2. The molecule has 17 heavy (non-hydrogen) atoms. The Morgan fingerprint density at radius 3 is 2.65 bits per heavy atom. The van der Waals surface area contributed by atoms with E-state index in [9.17, 15) is 5.11 Å². The van der Waals surface area contributed by atoms with Crippen LogP contribution in [0.1, 0.15) is 0 Å². The molecule has 4 N–H and O–H groups in total. The molecule has 0 fully saturated rings. The zero-order chi connectivity index (χ0) is 11.8. The lowest BCUT2D eigenvalue weighted by Crippen LogP contribution is -1.86. The third kappa shape index (κ3) is 1.61. The molecular weight excluding hydrogens is 212 g/mol. The van der Waals surface area contributed by atoms with E-state index in [0.29, 0.717) is 5.69 Å². The van der Waals surface area contributed by atoms with Crippen LogP contribution in [0.3, 0.4) is 0 Å². The number of benzene rings is 2. The van der Waals surface area contributed by atoms with E-state index in [1.165, 1.54) is 0 Å². The summed E-state index contributed by atoms with van der Waals surface area (Å²) in [4.78, 5) is 3.26. The number of aromatic nitrogens is 1. The number of anilines is 1. The molecule has 0 amide bonds. The van der Waals surface area contributed by atoms with Gasteiger partial charge in [0.1, 0.15) is 5.75 Å². The van der Waals surface area contributed by atoms with E-state index >= 15 is 0 Å². The van der Waals surface area contributed by atoms with Crippen molar-refractivity contribution in [1.29, 1.82) is 0 Å². The lowest BCUT2D eigenvalue weighted by atomic mass is 10.1. The van der Waals surface area contributed by atoms with Crippen LogP contribution in [0.15, 0.2) is 48.5 Å². The van der Waals surface area contributed by atoms with Crippen molar-refractivity contribution in [3.63, 3.8) is 0 Å². The smallest absolute Gasteiger partial charge is 0.125 e. The topological polar surface area (TPSA) is 62.0 Å². The summed E-state index contributed by atoms with van der Waals surface area (Å²) < 4.78 is 0. The number of nitrogen functional groups attached to an aromatic ring is 1. The SMILES string of the molecule is Nc1ccc(O)c(-c2cc3ccccc3[nH]2)c1. The predicted molar refractivity (Wildman–Crippen MR) is 69.8 cm³/mol. The molecule has 3 aromatic rings. The molecule has 0 bridgehead atoms. The lowest BCUT2D eigenvalue weighted by Gasteiger charge is -2.03. The molecule has 1 aromatic heterocycles. The average Bonchev–Trinajstić information content (AvgIpc) is 2.75. The Hall–Kier alpha value is -2.42. The van der Waals surface area contributed by atoms with E-state index in [1.807, 2.05) is 30.3 Å². The predicted octanol–water partition coefficient (Wildman–Crippen LogP) is 3.12. The van der Waals surface area contributed by atoms with Crippen molar-refractivity contribution in [2.75, 3.05) is 5.73 Å². The van der Waals surface area contributed by atoms with Gasteiger partial charge in [-0.3, -0.25) is 0 Å². The van der Waals surface area contributed by atoms with Gasteiger partial charge in [0, 0.05) is 22.2 Å². The van der Waals surface area contributed by atoms with Crippen LogP contribution in [0, 0.1) is 0 Å². The Labute approximate surface area is 98.5 Å². The number of rotatable bonds is 1. The number of aromatic amines is 1. The minimum atomic E-state index is 0.228. The molecular formula is C14H12N2O. The van der Waals surface area contributed by atoms with Crippen LogP contribution in [0.2, 0.25) is 0 Å². The summed E-state index contributed by atoms with van der Waals surface area (Å²) in [5.41, 5.74) is 9.01. The molecule has 3 heteroatoms. The van der Waals surface area contributed by atoms with E-state index in [1.54, 1.807) is 18.2 Å². The summed E-state index contributed by atoms with van der Waals surface area (Å²) in [7, 11) is 0. The Morgan fingerprint density at radius 1 is 1.00 bits per heavy atom. The van der Waals surface area contributed by atoms with Crippen LogP contribution < -0.4 is 5.73 Å². The van der Waals surface area contributed by atoms with E-state index in [2.05, 4.69) is 4.98 Å². The van der Waals surface area contributed by atoms with Gasteiger partial charge < -0.3 is 15.8 Å². The van der Waals surface area contributed by atoms with Crippen LogP contribution in [0.4, 0.5) is 5.69 Å². The third-order valence-electron chi connectivity index (χ3n) is 2.84. The van der Waals surface area contributed by atoms with Gasteiger partial charge in [0.2, 0.25) is 0 Å². The maximum Gasteiger partial charge on any atom is 0.125 e. The fourth-order valence-corrected chi connectivity index (χ4v) is 1.99. The highest BCUT2D eigenvalue weighted by molar-refractivity contribution is 5.87. The Bertz CT molecular complexity index is 653. The van der Waals surface area contributed by atoms with Gasteiger partial charge >= 0.3 is 0 Å². The summed E-state index contributed by atoms with van der Waals surface area (Å²) in [5.74, 6) is 0.228. The van der Waals surface area contributed by atoms with Crippen molar-refractivity contribution in [1.82, 2.24) is 4.98 Å². The van der Waals surface area contributed by atoms with Gasteiger partial charge in [0.05, 0.1) is 5.69 Å². The number of nitrogens with two attached hydrogens (primary N) is 1. The number of H-pyrrole nitrogens is 1. The van der Waals surface area contributed by atoms with Crippen molar-refractivity contribution in [3.8, 4) is 17.0 Å². The Kier molecular flexibility index (Phi) is 2.05. The maximum atomic E-state index is 9.84. The number of hydrogen-bond acceptors (Lipinski definition) is 2. The van der Waals surface area contributed by atoms with Gasteiger partial charge in [-0.2, -0.15) is 0 Å². The largest absolute Gasteiger partial charge is 0.507 e. The first-order valence-electron chi connectivity index (χ1n) is 5.41. The second-order valence-electron chi connectivity index (χ2n) is 4.05. The number of nitrogens with one attached hydrogen (secondary N) is 1. The second-order valence-corrected chi connectivity index (χ2v) is 4.05. The summed E-state index contributed by atoms with van der Waals surface area (Å²) in [6.45, 7) is 0. The molecule has 0 aliphatic carbocycles. The van der Waals surface area contributed by atoms with Crippen molar-refractivity contribution >= 4 is 16.6 Å². The molecule has 1 heterocycles. The molecule has 0 unspecified atom stereocenters. The van der Waals surface area contributed by atoms with Crippen molar-refractivity contribution in [3.05, 3.63) is 48.5 Å². The van der Waals surface area contributed by atoms with Gasteiger partial charge in [0.15, 0.2) is 0 Å². The van der Waals surface area contributed by atoms with Gasteiger partial charge in [-0.05, 0) is 30.3 Å². The van der Waals surface area contributed by atoms with E-state index in [0.717, 1.165) is 22.2 Å². The van der Waals surface area contributed by atoms with Crippen LogP contribution in [0.5, 0.6) is 5.75 Å². The number of para-hydroxylation sites is 1. The first kappa shape index (κ1) is 9.78. The van der Waals surface area contributed by atoms with Gasteiger partial charge in [-0.25, -0.2) is 0 Å². The van der Waals surface area contributed by atoms with Crippen LogP contribution in [0.25, 0.3) is 22.2 Å². The molecule has 84 valence electrons. The summed E-state index contributed by atoms with van der Waals surface area (Å²) >= 11 is 0. The number of phenols is 1.